The number of benzene rings is 4. The molecule has 4 aromatic carbocycles. The third-order valence-electron chi connectivity index (χ3n) is 5.47. The van der Waals surface area contributed by atoms with Crippen LogP contribution in [-0.4, -0.2) is 0 Å². The highest BCUT2D eigenvalue weighted by atomic mass is 35.5. The molecule has 0 aliphatic carbocycles. The number of rotatable bonds is 5. The lowest BCUT2D eigenvalue weighted by molar-refractivity contribution is 0.591. The summed E-state index contributed by atoms with van der Waals surface area (Å²) in [5, 5.41) is 2.60. The quantitative estimate of drug-likeness (QED) is 0.250. The molecule has 0 atom stereocenters. The summed E-state index contributed by atoms with van der Waals surface area (Å²) in [5.41, 5.74) is 6.44. The second kappa shape index (κ2) is 10.4. The van der Waals surface area contributed by atoms with Crippen molar-refractivity contribution >= 4 is 64.0 Å². The number of halogens is 4. The Morgan fingerprint density at radius 1 is 0.618 bits per heavy atom. The van der Waals surface area contributed by atoms with E-state index < -0.39 is 0 Å². The van der Waals surface area contributed by atoms with E-state index in [2.05, 4.69) is 37.6 Å². The molecule has 0 saturated heterocycles. The maximum atomic E-state index is 6.45. The lowest BCUT2D eigenvalue weighted by Crippen LogP contribution is -2.12. The summed E-state index contributed by atoms with van der Waals surface area (Å²) in [6.07, 6.45) is 0. The fourth-order valence-electron chi connectivity index (χ4n) is 3.56. The van der Waals surface area contributed by atoms with Crippen molar-refractivity contribution in [3.63, 3.8) is 0 Å². The molecule has 1 nitrogen and oxygen atoms in total. The van der Waals surface area contributed by atoms with Crippen LogP contribution >= 0.6 is 58.4 Å². The predicted molar refractivity (Wildman–Crippen MR) is 152 cm³/mol. The highest BCUT2D eigenvalue weighted by Crippen LogP contribution is 2.44. The summed E-state index contributed by atoms with van der Waals surface area (Å²) in [6.45, 7) is 6.65. The van der Waals surface area contributed by atoms with E-state index in [1.54, 1.807) is 6.07 Å². The number of nitrogens with one attached hydrogen (secondary N) is 1. The third kappa shape index (κ3) is 5.87. The Morgan fingerprint density at radius 3 is 1.53 bits per heavy atom. The number of hydrogen-bond donors (Lipinski definition) is 1. The van der Waals surface area contributed by atoms with Crippen LogP contribution in [0, 0.1) is 0 Å². The van der Waals surface area contributed by atoms with Crippen molar-refractivity contribution in [2.24, 2.45) is 0 Å². The molecule has 0 fully saturated rings. The minimum absolute atomic E-state index is 0.0481. The summed E-state index contributed by atoms with van der Waals surface area (Å²) < 4.78 is 3.59. The first-order valence-corrected chi connectivity index (χ1v) is 13.0. The van der Waals surface area contributed by atoms with Crippen molar-refractivity contribution in [1.82, 2.24) is 0 Å². The molecule has 0 heterocycles. The van der Waals surface area contributed by atoms with Crippen LogP contribution < -0.4 is 4.72 Å². The lowest BCUT2D eigenvalue weighted by Gasteiger charge is -2.25. The van der Waals surface area contributed by atoms with Crippen molar-refractivity contribution in [2.75, 3.05) is 4.72 Å². The molecule has 174 valence electrons. The second-order valence-electron chi connectivity index (χ2n) is 8.99. The SMILES string of the molecule is CC(C)(C)c1cc(-c2ccc(Cl)cc2)c(NSc2ccc(Cl)cc2Cl)c(-c2ccc(Cl)cc2)c1. The topological polar surface area (TPSA) is 12.0 Å². The van der Waals surface area contributed by atoms with Crippen LogP contribution in [0.15, 0.2) is 83.8 Å². The van der Waals surface area contributed by atoms with E-state index in [0.717, 1.165) is 32.8 Å². The average Bonchev–Trinajstić information content (AvgIpc) is 2.78. The van der Waals surface area contributed by atoms with E-state index in [-0.39, 0.29) is 5.41 Å². The van der Waals surface area contributed by atoms with Crippen LogP contribution in [0.5, 0.6) is 0 Å². The van der Waals surface area contributed by atoms with Gasteiger partial charge in [0.05, 0.1) is 10.7 Å². The summed E-state index contributed by atoms with van der Waals surface area (Å²) in [4.78, 5) is 0.884. The molecule has 34 heavy (non-hydrogen) atoms. The monoisotopic (exact) mass is 545 g/mol. The van der Waals surface area contributed by atoms with Crippen LogP contribution in [0.2, 0.25) is 20.1 Å². The van der Waals surface area contributed by atoms with Gasteiger partial charge in [0, 0.05) is 31.1 Å². The fraction of sp³-hybridized carbons (Fsp3) is 0.143. The normalized spacial score (nSPS) is 11.5. The molecular formula is C28H23Cl4NS. The van der Waals surface area contributed by atoms with E-state index >= 15 is 0 Å². The van der Waals surface area contributed by atoms with Gasteiger partial charge in [-0.25, -0.2) is 0 Å². The highest BCUT2D eigenvalue weighted by Gasteiger charge is 2.21. The molecule has 0 aliphatic rings. The maximum absolute atomic E-state index is 6.45. The van der Waals surface area contributed by atoms with Crippen LogP contribution in [0.4, 0.5) is 5.69 Å². The van der Waals surface area contributed by atoms with Crippen molar-refractivity contribution in [1.29, 1.82) is 0 Å². The number of anilines is 1. The van der Waals surface area contributed by atoms with Gasteiger partial charge in [0.15, 0.2) is 0 Å². The third-order valence-corrected chi connectivity index (χ3v) is 7.52. The molecular weight excluding hydrogens is 524 g/mol. The summed E-state index contributed by atoms with van der Waals surface area (Å²) in [7, 11) is 0. The van der Waals surface area contributed by atoms with E-state index in [1.807, 2.05) is 60.7 Å². The zero-order valence-corrected chi connectivity index (χ0v) is 22.8. The summed E-state index contributed by atoms with van der Waals surface area (Å²) in [6, 6.07) is 25.8. The Labute approximate surface area is 225 Å². The van der Waals surface area contributed by atoms with Gasteiger partial charge < -0.3 is 4.72 Å². The maximum Gasteiger partial charge on any atom is 0.0601 e. The van der Waals surface area contributed by atoms with Gasteiger partial charge in [0.25, 0.3) is 0 Å². The van der Waals surface area contributed by atoms with Crippen molar-refractivity contribution in [3.8, 4) is 22.3 Å². The number of hydrogen-bond acceptors (Lipinski definition) is 2. The summed E-state index contributed by atoms with van der Waals surface area (Å²) in [5.74, 6) is 0. The smallest absolute Gasteiger partial charge is 0.0601 e. The van der Waals surface area contributed by atoms with E-state index in [0.29, 0.717) is 20.1 Å². The minimum atomic E-state index is -0.0481. The van der Waals surface area contributed by atoms with Crippen LogP contribution in [0.25, 0.3) is 22.3 Å². The lowest BCUT2D eigenvalue weighted by atomic mass is 9.82. The largest absolute Gasteiger partial charge is 0.324 e. The fourth-order valence-corrected chi connectivity index (χ4v) is 5.06. The van der Waals surface area contributed by atoms with Crippen molar-refractivity contribution < 1.29 is 0 Å². The predicted octanol–water partition coefficient (Wildman–Crippen LogP) is 11.1. The van der Waals surface area contributed by atoms with Crippen LogP contribution in [-0.2, 0) is 5.41 Å². The Hall–Kier alpha value is -1.81. The standard InChI is InChI=1S/C28H23Cl4NS/c1-28(2,3)19-14-23(17-4-8-20(29)9-5-17)27(24(15-19)18-6-10-21(30)11-7-18)33-34-26-13-12-22(31)16-25(26)32/h4-16,33H,1-3H3. The molecule has 0 radical (unpaired) electrons. The Balaban J connectivity index is 1.92. The van der Waals surface area contributed by atoms with Crippen molar-refractivity contribution in [3.05, 3.63) is 105 Å². The van der Waals surface area contributed by atoms with Gasteiger partial charge in [-0.15, -0.1) is 0 Å². The van der Waals surface area contributed by atoms with Gasteiger partial charge in [-0.3, -0.25) is 0 Å². The molecule has 1 N–H and O–H groups in total. The first-order chi connectivity index (χ1) is 16.1. The molecule has 0 spiro atoms. The Bertz CT molecular complexity index is 1240. The first kappa shape index (κ1) is 25.3. The van der Waals surface area contributed by atoms with Gasteiger partial charge in [-0.2, -0.15) is 0 Å². The van der Waals surface area contributed by atoms with Crippen molar-refractivity contribution in [2.45, 2.75) is 31.1 Å². The zero-order valence-electron chi connectivity index (χ0n) is 18.9. The molecule has 0 saturated carbocycles. The summed E-state index contributed by atoms with van der Waals surface area (Å²) >= 11 is 26.4. The molecule has 4 aromatic rings. The van der Waals surface area contributed by atoms with Crippen LogP contribution in [0.1, 0.15) is 26.3 Å². The molecule has 0 bridgehead atoms. The Kier molecular flexibility index (Phi) is 7.76. The van der Waals surface area contributed by atoms with Gasteiger partial charge in [-0.05, 0) is 88.7 Å². The molecule has 0 unspecified atom stereocenters. The van der Waals surface area contributed by atoms with Gasteiger partial charge in [-0.1, -0.05) is 91.4 Å². The van der Waals surface area contributed by atoms with Gasteiger partial charge in [0.2, 0.25) is 0 Å². The molecule has 4 rings (SSSR count). The minimum Gasteiger partial charge on any atom is -0.324 e. The van der Waals surface area contributed by atoms with E-state index in [4.69, 9.17) is 46.4 Å². The van der Waals surface area contributed by atoms with Crippen LogP contribution in [0.3, 0.4) is 0 Å². The molecule has 0 aromatic heterocycles. The Morgan fingerprint density at radius 2 is 1.09 bits per heavy atom. The van der Waals surface area contributed by atoms with E-state index in [9.17, 15) is 0 Å². The zero-order chi connectivity index (χ0) is 24.5. The van der Waals surface area contributed by atoms with E-state index in [1.165, 1.54) is 17.5 Å². The molecule has 0 amide bonds. The molecule has 0 aliphatic heterocycles. The van der Waals surface area contributed by atoms with Gasteiger partial charge in [0.1, 0.15) is 0 Å². The second-order valence-corrected chi connectivity index (χ2v) is 11.6. The average molecular weight is 547 g/mol. The molecule has 6 heteroatoms. The first-order valence-electron chi connectivity index (χ1n) is 10.7. The highest BCUT2D eigenvalue weighted by molar-refractivity contribution is 8.00. The van der Waals surface area contributed by atoms with Gasteiger partial charge >= 0.3 is 0 Å².